The van der Waals surface area contributed by atoms with E-state index in [1.165, 1.54) is 0 Å². The molecule has 0 saturated heterocycles. The Morgan fingerprint density at radius 3 is 0.693 bits per heavy atom. The summed E-state index contributed by atoms with van der Waals surface area (Å²) < 4.78 is 103. The van der Waals surface area contributed by atoms with E-state index in [1.807, 2.05) is 0 Å². The summed E-state index contributed by atoms with van der Waals surface area (Å²) in [5.41, 5.74) is 0. The standard InChI is InChI=1S/C51H120O16Si8/c1-19-22-31-52-34-25-37-55-43-46-58-40-28-49-73(16,62-69(7,8)9)66-75(18,51-30-42-60-48-45-57-39-27-36-54-33-24-21-3)67-74(17,50-29-41-59-47-44-56-38-26-35-53-32-23-20-2)65-72(14,15)64-71(12,13)63-70(10,11)61-68(4,5)6/h19-51H2,1-18H3. The molecular formula is C51H120O16Si8. The highest BCUT2D eigenvalue weighted by Gasteiger charge is 2.52. The molecule has 0 aromatic heterocycles. The predicted octanol–water partition coefficient (Wildman–Crippen LogP) is 13.0. The van der Waals surface area contributed by atoms with Gasteiger partial charge in [-0.1, -0.05) is 40.0 Å². The van der Waals surface area contributed by atoms with Gasteiger partial charge in [0.1, 0.15) is 0 Å². The molecule has 0 heterocycles. The summed E-state index contributed by atoms with van der Waals surface area (Å²) in [5.74, 6) is 0. The molecule has 3 atom stereocenters. The Morgan fingerprint density at radius 1 is 0.200 bits per heavy atom. The first-order valence-electron chi connectivity index (χ1n) is 29.2. The molecule has 0 aliphatic rings. The average molecular weight is 1210 g/mol. The van der Waals surface area contributed by atoms with Gasteiger partial charge in [-0.25, -0.2) is 0 Å². The largest absolute Gasteiger partial charge is 0.437 e. The quantitative estimate of drug-likeness (QED) is 0.0420. The highest BCUT2D eigenvalue weighted by molar-refractivity contribution is 6.93. The SMILES string of the molecule is CCCCOCCCOCCOCCC[Si](C)(O[Si](C)(C)C)O[Si](C)(CCCOCCOCCCOCCCC)O[Si](C)(CCCOCCOCCCOCCCC)O[Si](C)(C)O[Si](C)(C)O[Si](C)(C)O[Si](C)(C)C. The lowest BCUT2D eigenvalue weighted by atomic mass is 10.4. The lowest BCUT2D eigenvalue weighted by molar-refractivity contribution is 0.0350. The van der Waals surface area contributed by atoms with Crippen LogP contribution in [0, 0.1) is 0 Å². The van der Waals surface area contributed by atoms with Gasteiger partial charge < -0.3 is 71.4 Å². The Hall–Kier alpha value is 1.10. The second kappa shape index (κ2) is 42.8. The zero-order valence-electron chi connectivity index (χ0n) is 51.9. The maximum absolute atomic E-state index is 7.67. The fourth-order valence-corrected chi connectivity index (χ4v) is 48.8. The van der Waals surface area contributed by atoms with Crippen LogP contribution in [0.4, 0.5) is 0 Å². The second-order valence-corrected chi connectivity index (χ2v) is 54.4. The maximum atomic E-state index is 7.67. The molecule has 0 aliphatic heterocycles. The van der Waals surface area contributed by atoms with Crippen molar-refractivity contribution in [1.82, 2.24) is 0 Å². The van der Waals surface area contributed by atoms with E-state index < -0.39 is 68.0 Å². The second-order valence-electron chi connectivity index (χ2n) is 23.5. The van der Waals surface area contributed by atoms with Crippen molar-refractivity contribution in [3.8, 4) is 0 Å². The van der Waals surface area contributed by atoms with Crippen LogP contribution in [0.15, 0.2) is 0 Å². The van der Waals surface area contributed by atoms with Crippen LogP contribution in [0.1, 0.15) is 97.8 Å². The number of unbranched alkanes of at least 4 members (excludes halogenated alkanes) is 3. The topological polar surface area (TPSA) is 148 Å². The fraction of sp³-hybridized carbons (Fsp3) is 1.00. The van der Waals surface area contributed by atoms with Crippen LogP contribution < -0.4 is 0 Å². The van der Waals surface area contributed by atoms with Crippen molar-refractivity contribution in [3.05, 3.63) is 0 Å². The van der Waals surface area contributed by atoms with Crippen LogP contribution in [0.3, 0.4) is 0 Å². The van der Waals surface area contributed by atoms with Crippen LogP contribution >= 0.6 is 0 Å². The van der Waals surface area contributed by atoms with Crippen molar-refractivity contribution in [2.45, 2.75) is 214 Å². The maximum Gasteiger partial charge on any atom is 0.317 e. The minimum atomic E-state index is -3.09. The van der Waals surface area contributed by atoms with Gasteiger partial charge in [0.05, 0.1) is 39.6 Å². The molecule has 0 spiro atoms. The molecule has 0 aromatic carbocycles. The molecule has 16 nitrogen and oxygen atoms in total. The number of hydrogen-bond donors (Lipinski definition) is 0. The van der Waals surface area contributed by atoms with Crippen LogP contribution in [-0.4, -0.2) is 187 Å². The van der Waals surface area contributed by atoms with Crippen molar-refractivity contribution in [2.24, 2.45) is 0 Å². The Bertz CT molecular complexity index is 1340. The molecular weight excluding hydrogens is 1090 g/mol. The summed E-state index contributed by atoms with van der Waals surface area (Å²) in [4.78, 5) is 0. The minimum Gasteiger partial charge on any atom is -0.437 e. The van der Waals surface area contributed by atoms with Gasteiger partial charge in [0.25, 0.3) is 0 Å². The van der Waals surface area contributed by atoms with E-state index in [4.69, 9.17) is 71.4 Å². The summed E-state index contributed by atoms with van der Waals surface area (Å²) in [5, 5.41) is 0. The number of rotatable bonds is 56. The third kappa shape index (κ3) is 48.4. The Morgan fingerprint density at radius 2 is 0.413 bits per heavy atom. The highest BCUT2D eigenvalue weighted by Crippen LogP contribution is 2.35. The molecule has 0 radical (unpaired) electrons. The van der Waals surface area contributed by atoms with Crippen molar-refractivity contribution < 1.29 is 71.4 Å². The van der Waals surface area contributed by atoms with Gasteiger partial charge in [-0.05, 0) is 174 Å². The van der Waals surface area contributed by atoms with E-state index >= 15 is 0 Å². The van der Waals surface area contributed by atoms with Gasteiger partial charge in [0, 0.05) is 79.3 Å². The zero-order chi connectivity index (χ0) is 56.6. The van der Waals surface area contributed by atoms with Crippen molar-refractivity contribution in [2.75, 3.05) is 119 Å². The van der Waals surface area contributed by atoms with E-state index in [9.17, 15) is 0 Å². The smallest absolute Gasteiger partial charge is 0.317 e. The summed E-state index contributed by atoms with van der Waals surface area (Å²) in [7, 11) is -21.1. The van der Waals surface area contributed by atoms with Gasteiger partial charge in [-0.2, -0.15) is 0 Å². The van der Waals surface area contributed by atoms with Crippen molar-refractivity contribution >= 4 is 68.0 Å². The van der Waals surface area contributed by atoms with E-state index in [-0.39, 0.29) is 0 Å². The summed E-state index contributed by atoms with van der Waals surface area (Å²) >= 11 is 0. The highest BCUT2D eigenvalue weighted by atomic mass is 28.5. The minimum absolute atomic E-state index is 0.522. The van der Waals surface area contributed by atoms with Crippen LogP contribution in [-0.2, 0) is 71.4 Å². The average Bonchev–Trinajstić information content (AvgIpc) is 3.25. The van der Waals surface area contributed by atoms with Crippen LogP contribution in [0.2, 0.25) is 116 Å². The lowest BCUT2D eigenvalue weighted by Crippen LogP contribution is -2.63. The number of hydrogen-bond acceptors (Lipinski definition) is 16. The Labute approximate surface area is 470 Å². The number of ether oxygens (including phenoxy) is 9. The first-order valence-corrected chi connectivity index (χ1v) is 52.1. The van der Waals surface area contributed by atoms with E-state index in [0.29, 0.717) is 91.4 Å². The first kappa shape index (κ1) is 76.1. The molecule has 0 bridgehead atoms. The van der Waals surface area contributed by atoms with Gasteiger partial charge in [0.15, 0.2) is 16.6 Å². The first-order chi connectivity index (χ1) is 35.1. The Balaban J connectivity index is 6.38. The molecule has 24 heteroatoms. The van der Waals surface area contributed by atoms with Crippen molar-refractivity contribution in [3.63, 3.8) is 0 Å². The summed E-state index contributed by atoms with van der Waals surface area (Å²) in [6, 6.07) is 2.18. The molecule has 0 saturated carbocycles. The van der Waals surface area contributed by atoms with Crippen LogP contribution in [0.5, 0.6) is 0 Å². The molecule has 0 aliphatic carbocycles. The normalized spacial score (nSPS) is 15.6. The van der Waals surface area contributed by atoms with Gasteiger partial charge >= 0.3 is 51.4 Å². The Kier molecular flexibility index (Phi) is 43.5. The molecule has 0 N–H and O–H groups in total. The molecule has 452 valence electrons. The molecule has 75 heavy (non-hydrogen) atoms. The zero-order valence-corrected chi connectivity index (χ0v) is 59.9. The predicted molar refractivity (Wildman–Crippen MR) is 326 cm³/mol. The van der Waals surface area contributed by atoms with E-state index in [0.717, 1.165) is 123 Å². The molecule has 0 rings (SSSR count). The third-order valence-corrected chi connectivity index (χ3v) is 41.8. The van der Waals surface area contributed by atoms with Gasteiger partial charge in [0.2, 0.25) is 0 Å². The van der Waals surface area contributed by atoms with Crippen molar-refractivity contribution in [1.29, 1.82) is 0 Å². The monoisotopic (exact) mass is 1210 g/mol. The third-order valence-electron chi connectivity index (χ3n) is 10.9. The lowest BCUT2D eigenvalue weighted by Gasteiger charge is -2.46. The van der Waals surface area contributed by atoms with Crippen LogP contribution in [0.25, 0.3) is 0 Å². The van der Waals surface area contributed by atoms with E-state index in [2.05, 4.69) is 119 Å². The van der Waals surface area contributed by atoms with Gasteiger partial charge in [-0.3, -0.25) is 0 Å². The summed E-state index contributed by atoms with van der Waals surface area (Å²) in [6.45, 7) is 50.9. The molecule has 0 aromatic rings. The fourth-order valence-electron chi connectivity index (χ4n) is 8.72. The summed E-state index contributed by atoms with van der Waals surface area (Å²) in [6.07, 6.45) is 11.7. The molecule has 0 amide bonds. The molecule has 3 unspecified atom stereocenters. The van der Waals surface area contributed by atoms with E-state index in [1.54, 1.807) is 0 Å². The van der Waals surface area contributed by atoms with Gasteiger partial charge in [-0.15, -0.1) is 0 Å². The molecule has 0 fully saturated rings.